The van der Waals surface area contributed by atoms with Gasteiger partial charge < -0.3 is 10.4 Å². The number of carbonyl (C=O) groups is 1. The summed E-state index contributed by atoms with van der Waals surface area (Å²) in [5.41, 5.74) is 2.43. The molecule has 0 bridgehead atoms. The summed E-state index contributed by atoms with van der Waals surface area (Å²) in [6.07, 6.45) is 6.68. The lowest BCUT2D eigenvalue weighted by molar-refractivity contribution is 0.104. The zero-order chi connectivity index (χ0) is 16.1. The van der Waals surface area contributed by atoms with E-state index in [4.69, 9.17) is 0 Å². The molecule has 1 aliphatic rings. The number of benzene rings is 2. The lowest BCUT2D eigenvalue weighted by Crippen LogP contribution is -2.08. The van der Waals surface area contributed by atoms with Gasteiger partial charge in [0.15, 0.2) is 5.78 Å². The average molecular weight is 305 g/mol. The van der Waals surface area contributed by atoms with Crippen LogP contribution in [0.15, 0.2) is 72.4 Å². The van der Waals surface area contributed by atoms with Crippen molar-refractivity contribution in [1.82, 2.24) is 5.32 Å². The monoisotopic (exact) mass is 305 g/mol. The van der Waals surface area contributed by atoms with Gasteiger partial charge in [0, 0.05) is 18.3 Å². The van der Waals surface area contributed by atoms with Crippen LogP contribution in [0.3, 0.4) is 0 Å². The molecular formula is C20H19NO2. The van der Waals surface area contributed by atoms with E-state index < -0.39 is 0 Å². The van der Waals surface area contributed by atoms with Crippen LogP contribution in [-0.4, -0.2) is 17.4 Å². The van der Waals surface area contributed by atoms with Gasteiger partial charge in [-0.3, -0.25) is 4.79 Å². The minimum atomic E-state index is -0.168. The van der Waals surface area contributed by atoms with Crippen LogP contribution < -0.4 is 5.32 Å². The molecule has 3 nitrogen and oxygen atoms in total. The van der Waals surface area contributed by atoms with Crippen LogP contribution in [0.4, 0.5) is 0 Å². The zero-order valence-electron chi connectivity index (χ0n) is 12.8. The van der Waals surface area contributed by atoms with E-state index >= 15 is 0 Å². The van der Waals surface area contributed by atoms with E-state index in [-0.39, 0.29) is 11.5 Å². The van der Waals surface area contributed by atoms with Crippen molar-refractivity contribution in [2.75, 3.05) is 6.54 Å². The Hall–Kier alpha value is -2.81. The molecule has 3 rings (SSSR count). The first-order valence-corrected chi connectivity index (χ1v) is 7.72. The second-order valence-electron chi connectivity index (χ2n) is 5.67. The summed E-state index contributed by atoms with van der Waals surface area (Å²) in [6, 6.07) is 16.8. The van der Waals surface area contributed by atoms with Crippen LogP contribution in [0.25, 0.3) is 6.08 Å². The molecule has 116 valence electrons. The van der Waals surface area contributed by atoms with Gasteiger partial charge in [-0.25, -0.2) is 0 Å². The minimum Gasteiger partial charge on any atom is -0.507 e. The Kier molecular flexibility index (Phi) is 4.57. The molecule has 2 aromatic carbocycles. The van der Waals surface area contributed by atoms with Gasteiger partial charge in [-0.2, -0.15) is 0 Å². The number of hydrogen-bond donors (Lipinski definition) is 2. The van der Waals surface area contributed by atoms with E-state index in [1.807, 2.05) is 18.2 Å². The fraction of sp³-hybridized carbons (Fsp3) is 0.150. The van der Waals surface area contributed by atoms with Gasteiger partial charge in [-0.05, 0) is 30.0 Å². The smallest absolute Gasteiger partial charge is 0.191 e. The number of rotatable bonds is 4. The molecule has 2 aromatic rings. The highest BCUT2D eigenvalue weighted by molar-refractivity contribution is 6.06. The number of hydrogen-bond acceptors (Lipinski definition) is 3. The second-order valence-corrected chi connectivity index (χ2v) is 5.67. The third-order valence-corrected chi connectivity index (χ3v) is 3.91. The number of carbonyl (C=O) groups excluding carboxylic acids is 1. The highest BCUT2D eigenvalue weighted by atomic mass is 16.3. The van der Waals surface area contributed by atoms with Crippen molar-refractivity contribution in [3.05, 3.63) is 83.6 Å². The summed E-state index contributed by atoms with van der Waals surface area (Å²) >= 11 is 0. The minimum absolute atomic E-state index is 0.0212. The van der Waals surface area contributed by atoms with Crippen LogP contribution in [0, 0.1) is 5.92 Å². The average Bonchev–Trinajstić information content (AvgIpc) is 3.02. The summed E-state index contributed by atoms with van der Waals surface area (Å²) in [6.45, 7) is 0.823. The lowest BCUT2D eigenvalue weighted by Gasteiger charge is -2.01. The van der Waals surface area contributed by atoms with E-state index in [1.165, 1.54) is 11.6 Å². The van der Waals surface area contributed by atoms with Gasteiger partial charge in [-0.1, -0.05) is 54.6 Å². The van der Waals surface area contributed by atoms with Crippen molar-refractivity contribution in [2.24, 2.45) is 5.92 Å². The van der Waals surface area contributed by atoms with Crippen molar-refractivity contribution < 1.29 is 9.90 Å². The number of para-hydroxylation sites is 1. The number of nitrogens with one attached hydrogen (secondary N) is 1. The standard InChI is InChI=1S/C20H19NO2/c22-19-9-5-4-8-18(19)20(23)13-17-12-16(14-21-17)11-10-15-6-2-1-3-7-15/h1-11,13,16,21-22H,12,14H2/b11-10+,17-13-. The first-order chi connectivity index (χ1) is 11.2. The SMILES string of the molecule is O=C(/C=C1/CC(/C=C/c2ccccc2)CN1)c1ccccc1O. The molecule has 23 heavy (non-hydrogen) atoms. The number of allylic oxidation sites excluding steroid dienone is 2. The van der Waals surface area contributed by atoms with Gasteiger partial charge in [0.1, 0.15) is 5.75 Å². The maximum Gasteiger partial charge on any atom is 0.191 e. The van der Waals surface area contributed by atoms with Gasteiger partial charge >= 0.3 is 0 Å². The van der Waals surface area contributed by atoms with Crippen molar-refractivity contribution in [1.29, 1.82) is 0 Å². The van der Waals surface area contributed by atoms with E-state index in [0.717, 1.165) is 18.7 Å². The van der Waals surface area contributed by atoms with Crippen LogP contribution in [0.2, 0.25) is 0 Å². The number of phenols is 1. The third kappa shape index (κ3) is 3.89. The predicted molar refractivity (Wildman–Crippen MR) is 92.1 cm³/mol. The van der Waals surface area contributed by atoms with Gasteiger partial charge in [0.05, 0.1) is 5.56 Å². The van der Waals surface area contributed by atoms with E-state index in [1.54, 1.807) is 24.3 Å². The second kappa shape index (κ2) is 6.97. The van der Waals surface area contributed by atoms with Crippen LogP contribution >= 0.6 is 0 Å². The number of phenolic OH excluding ortho intramolecular Hbond substituents is 1. The Labute approximate surface area is 136 Å². The summed E-state index contributed by atoms with van der Waals surface area (Å²) in [5, 5.41) is 13.0. The summed E-state index contributed by atoms with van der Waals surface area (Å²) in [4.78, 5) is 12.2. The summed E-state index contributed by atoms with van der Waals surface area (Å²) in [7, 11) is 0. The molecule has 0 aromatic heterocycles. The molecule has 0 saturated carbocycles. The van der Waals surface area contributed by atoms with Gasteiger partial charge in [-0.15, -0.1) is 0 Å². The molecule has 1 saturated heterocycles. The van der Waals surface area contributed by atoms with Crippen molar-refractivity contribution in [2.45, 2.75) is 6.42 Å². The van der Waals surface area contributed by atoms with Crippen LogP contribution in [0.1, 0.15) is 22.3 Å². The molecule has 0 aliphatic carbocycles. The van der Waals surface area contributed by atoms with Crippen molar-refractivity contribution >= 4 is 11.9 Å². The Bertz CT molecular complexity index is 747. The quantitative estimate of drug-likeness (QED) is 0.667. The molecule has 0 amide bonds. The highest BCUT2D eigenvalue weighted by Crippen LogP contribution is 2.22. The molecule has 1 aliphatic heterocycles. The van der Waals surface area contributed by atoms with Gasteiger partial charge in [0.2, 0.25) is 0 Å². The Morgan fingerprint density at radius 3 is 2.61 bits per heavy atom. The molecule has 0 spiro atoms. The van der Waals surface area contributed by atoms with Crippen molar-refractivity contribution in [3.63, 3.8) is 0 Å². The maximum atomic E-state index is 12.2. The first-order valence-electron chi connectivity index (χ1n) is 7.72. The summed E-state index contributed by atoms with van der Waals surface area (Å²) in [5.74, 6) is 0.227. The van der Waals surface area contributed by atoms with E-state index in [2.05, 4.69) is 29.6 Å². The normalized spacial score (nSPS) is 19.1. The highest BCUT2D eigenvalue weighted by Gasteiger charge is 2.18. The molecule has 1 heterocycles. The Morgan fingerprint density at radius 1 is 1.09 bits per heavy atom. The molecular weight excluding hydrogens is 286 g/mol. The first kappa shape index (κ1) is 15.1. The third-order valence-electron chi connectivity index (χ3n) is 3.91. The Balaban J connectivity index is 1.64. The molecule has 0 radical (unpaired) electrons. The number of aromatic hydroxyl groups is 1. The molecule has 3 heteroatoms. The topological polar surface area (TPSA) is 49.3 Å². The lowest BCUT2D eigenvalue weighted by atomic mass is 10.0. The number of ketones is 1. The van der Waals surface area contributed by atoms with E-state index in [9.17, 15) is 9.90 Å². The molecule has 1 atom stereocenters. The molecule has 1 unspecified atom stereocenters. The van der Waals surface area contributed by atoms with Crippen LogP contribution in [-0.2, 0) is 0 Å². The molecule has 2 N–H and O–H groups in total. The van der Waals surface area contributed by atoms with E-state index in [0.29, 0.717) is 11.5 Å². The maximum absolute atomic E-state index is 12.2. The Morgan fingerprint density at radius 2 is 1.83 bits per heavy atom. The fourth-order valence-corrected chi connectivity index (χ4v) is 2.66. The fourth-order valence-electron chi connectivity index (χ4n) is 2.66. The van der Waals surface area contributed by atoms with Crippen molar-refractivity contribution in [3.8, 4) is 5.75 Å². The molecule has 1 fully saturated rings. The zero-order valence-corrected chi connectivity index (χ0v) is 12.8. The van der Waals surface area contributed by atoms with Crippen LogP contribution in [0.5, 0.6) is 5.75 Å². The largest absolute Gasteiger partial charge is 0.507 e. The van der Waals surface area contributed by atoms with Gasteiger partial charge in [0.25, 0.3) is 0 Å². The summed E-state index contributed by atoms with van der Waals surface area (Å²) < 4.78 is 0. The predicted octanol–water partition coefficient (Wildman–Crippen LogP) is 3.78.